The Bertz CT molecular complexity index is 1120. The summed E-state index contributed by atoms with van der Waals surface area (Å²) in [6.45, 7) is 1.13. The summed E-state index contributed by atoms with van der Waals surface area (Å²) in [7, 11) is 0. The maximum absolute atomic E-state index is 12.2. The Kier molecular flexibility index (Phi) is 8.07. The average molecular weight is 445 g/mol. The minimum absolute atomic E-state index is 0.147. The largest absolute Gasteiger partial charge is 0.456 e. The monoisotopic (exact) mass is 445 g/mol. The van der Waals surface area contributed by atoms with Gasteiger partial charge in [0.1, 0.15) is 12.3 Å². The van der Waals surface area contributed by atoms with E-state index in [-0.39, 0.29) is 24.6 Å². The van der Waals surface area contributed by atoms with Crippen molar-refractivity contribution in [3.63, 3.8) is 0 Å². The molecule has 0 spiro atoms. The zero-order valence-electron chi connectivity index (χ0n) is 18.1. The van der Waals surface area contributed by atoms with Crippen LogP contribution in [0.5, 0.6) is 5.75 Å². The Labute approximate surface area is 191 Å². The summed E-state index contributed by atoms with van der Waals surface area (Å²) in [6, 6.07) is 22.0. The van der Waals surface area contributed by atoms with Crippen LogP contribution in [0.1, 0.15) is 31.8 Å². The number of benzene rings is 3. The van der Waals surface area contributed by atoms with Crippen molar-refractivity contribution in [1.82, 2.24) is 5.32 Å². The van der Waals surface area contributed by atoms with E-state index < -0.39 is 24.3 Å². The first-order chi connectivity index (χ1) is 15.9. The molecule has 3 rings (SSSR count). The highest BCUT2D eigenvalue weighted by Crippen LogP contribution is 2.15. The van der Waals surface area contributed by atoms with Crippen LogP contribution in [-0.4, -0.2) is 36.8 Å². The Hall–Kier alpha value is -4.26. The molecule has 1 amide bonds. The quantitative estimate of drug-likeness (QED) is 0.308. The van der Waals surface area contributed by atoms with E-state index in [1.165, 1.54) is 24.3 Å². The normalized spacial score (nSPS) is 10.2. The first kappa shape index (κ1) is 23.4. The molecule has 1 N–H and O–H groups in total. The van der Waals surface area contributed by atoms with Crippen molar-refractivity contribution < 1.29 is 28.7 Å². The fourth-order valence-electron chi connectivity index (χ4n) is 2.86. The molecule has 3 aromatic carbocycles. The number of amides is 1. The van der Waals surface area contributed by atoms with Gasteiger partial charge < -0.3 is 14.8 Å². The highest BCUT2D eigenvalue weighted by molar-refractivity contribution is 5.98. The lowest BCUT2D eigenvalue weighted by molar-refractivity contribution is -0.142. The maximum Gasteiger partial charge on any atom is 0.343 e. The third kappa shape index (κ3) is 7.43. The maximum atomic E-state index is 12.2. The predicted octanol–water partition coefficient (Wildman–Crippen LogP) is 3.30. The summed E-state index contributed by atoms with van der Waals surface area (Å²) in [5, 5.41) is 2.46. The van der Waals surface area contributed by atoms with Crippen LogP contribution in [0.2, 0.25) is 0 Å². The molecule has 0 aliphatic rings. The van der Waals surface area contributed by atoms with Crippen molar-refractivity contribution in [1.29, 1.82) is 0 Å². The smallest absolute Gasteiger partial charge is 0.343 e. The number of aryl methyl sites for hydroxylation is 1. The topological polar surface area (TPSA) is 98.8 Å². The number of hydrogen-bond acceptors (Lipinski definition) is 6. The zero-order valence-corrected chi connectivity index (χ0v) is 18.1. The standard InChI is InChI=1S/C26H23NO6/c1-18-7-9-21(10-8-18)26(31)33-22-13-11-20(12-14-22)23(28)17-32-25(30)16-27-24(29)15-19-5-3-2-4-6-19/h2-14H,15-17H2,1H3,(H,27,29). The van der Waals surface area contributed by atoms with Crippen LogP contribution in [0.15, 0.2) is 78.9 Å². The lowest BCUT2D eigenvalue weighted by Gasteiger charge is -2.08. The number of ether oxygens (including phenoxy) is 2. The Morgan fingerprint density at radius 3 is 2.09 bits per heavy atom. The van der Waals surface area contributed by atoms with Gasteiger partial charge in [-0.1, -0.05) is 48.0 Å². The molecule has 7 nitrogen and oxygen atoms in total. The molecular formula is C26H23NO6. The molecule has 0 unspecified atom stereocenters. The second-order valence-corrected chi connectivity index (χ2v) is 7.30. The number of Topliss-reactive ketones (excluding diaryl/α,β-unsaturated/α-hetero) is 1. The van der Waals surface area contributed by atoms with Crippen molar-refractivity contribution in [3.05, 3.63) is 101 Å². The van der Waals surface area contributed by atoms with Gasteiger partial charge in [-0.3, -0.25) is 14.4 Å². The van der Waals surface area contributed by atoms with E-state index in [0.29, 0.717) is 11.1 Å². The molecule has 0 radical (unpaired) electrons. The van der Waals surface area contributed by atoms with E-state index in [2.05, 4.69) is 5.32 Å². The third-order valence-corrected chi connectivity index (χ3v) is 4.68. The SMILES string of the molecule is Cc1ccc(C(=O)Oc2ccc(C(=O)COC(=O)CNC(=O)Cc3ccccc3)cc2)cc1. The fraction of sp³-hybridized carbons (Fsp3) is 0.154. The van der Waals surface area contributed by atoms with Gasteiger partial charge in [-0.15, -0.1) is 0 Å². The van der Waals surface area contributed by atoms with Crippen molar-refractivity contribution in [3.8, 4) is 5.75 Å². The highest BCUT2D eigenvalue weighted by Gasteiger charge is 2.13. The van der Waals surface area contributed by atoms with Crippen LogP contribution in [0.3, 0.4) is 0 Å². The molecule has 0 bridgehead atoms. The average Bonchev–Trinajstić information content (AvgIpc) is 2.82. The van der Waals surface area contributed by atoms with Gasteiger partial charge in [0.25, 0.3) is 0 Å². The minimum Gasteiger partial charge on any atom is -0.456 e. The summed E-state index contributed by atoms with van der Waals surface area (Å²) in [4.78, 5) is 48.1. The molecule has 7 heteroatoms. The van der Waals surface area contributed by atoms with Gasteiger partial charge in [-0.2, -0.15) is 0 Å². The van der Waals surface area contributed by atoms with E-state index in [1.807, 2.05) is 49.4 Å². The number of carbonyl (C=O) groups is 4. The van der Waals surface area contributed by atoms with Crippen LogP contribution >= 0.6 is 0 Å². The number of nitrogens with one attached hydrogen (secondary N) is 1. The first-order valence-electron chi connectivity index (χ1n) is 10.3. The zero-order chi connectivity index (χ0) is 23.6. The minimum atomic E-state index is -0.714. The fourth-order valence-corrected chi connectivity index (χ4v) is 2.86. The van der Waals surface area contributed by atoms with E-state index in [0.717, 1.165) is 11.1 Å². The first-order valence-corrected chi connectivity index (χ1v) is 10.3. The Morgan fingerprint density at radius 2 is 1.42 bits per heavy atom. The van der Waals surface area contributed by atoms with Gasteiger partial charge in [0.2, 0.25) is 5.91 Å². The van der Waals surface area contributed by atoms with Crippen molar-refractivity contribution in [2.75, 3.05) is 13.2 Å². The molecule has 0 fully saturated rings. The van der Waals surface area contributed by atoms with E-state index in [9.17, 15) is 19.2 Å². The lowest BCUT2D eigenvalue weighted by atomic mass is 10.1. The number of rotatable bonds is 9. The van der Waals surface area contributed by atoms with Gasteiger partial charge in [0.05, 0.1) is 12.0 Å². The molecule has 0 aromatic heterocycles. The van der Waals surface area contributed by atoms with Crippen molar-refractivity contribution in [2.24, 2.45) is 0 Å². The molecule has 168 valence electrons. The van der Waals surface area contributed by atoms with Crippen molar-refractivity contribution >= 4 is 23.6 Å². The van der Waals surface area contributed by atoms with Gasteiger partial charge in [0, 0.05) is 5.56 Å². The van der Waals surface area contributed by atoms with Crippen LogP contribution < -0.4 is 10.1 Å². The summed E-state index contributed by atoms with van der Waals surface area (Å²) < 4.78 is 10.2. The lowest BCUT2D eigenvalue weighted by Crippen LogP contribution is -2.32. The molecule has 0 saturated carbocycles. The van der Waals surface area contributed by atoms with E-state index in [1.54, 1.807) is 12.1 Å². The van der Waals surface area contributed by atoms with Crippen LogP contribution in [0.25, 0.3) is 0 Å². The van der Waals surface area contributed by atoms with Gasteiger partial charge in [0.15, 0.2) is 12.4 Å². The summed E-state index contributed by atoms with van der Waals surface area (Å²) in [5.41, 5.74) is 2.57. The van der Waals surface area contributed by atoms with Crippen LogP contribution in [0.4, 0.5) is 0 Å². The molecule has 33 heavy (non-hydrogen) atoms. The summed E-state index contributed by atoms with van der Waals surface area (Å²) in [5.74, 6) is -1.67. The predicted molar refractivity (Wildman–Crippen MR) is 121 cm³/mol. The number of ketones is 1. The Balaban J connectivity index is 1.41. The number of carbonyl (C=O) groups excluding carboxylic acids is 4. The number of hydrogen-bond donors (Lipinski definition) is 1. The molecule has 0 heterocycles. The molecule has 0 atom stereocenters. The van der Waals surface area contributed by atoms with E-state index in [4.69, 9.17) is 9.47 Å². The second-order valence-electron chi connectivity index (χ2n) is 7.30. The molecule has 0 aliphatic heterocycles. The van der Waals surface area contributed by atoms with Gasteiger partial charge >= 0.3 is 11.9 Å². The molecule has 3 aromatic rings. The highest BCUT2D eigenvalue weighted by atomic mass is 16.5. The molecule has 0 saturated heterocycles. The summed E-state index contributed by atoms with van der Waals surface area (Å²) in [6.07, 6.45) is 0.147. The molecule has 0 aliphatic carbocycles. The van der Waals surface area contributed by atoms with Crippen LogP contribution in [0, 0.1) is 6.92 Å². The molecular weight excluding hydrogens is 422 g/mol. The third-order valence-electron chi connectivity index (χ3n) is 4.68. The van der Waals surface area contributed by atoms with Gasteiger partial charge in [-0.05, 0) is 48.9 Å². The number of esters is 2. The van der Waals surface area contributed by atoms with E-state index >= 15 is 0 Å². The van der Waals surface area contributed by atoms with Crippen LogP contribution in [-0.2, 0) is 20.7 Å². The van der Waals surface area contributed by atoms with Crippen molar-refractivity contribution in [2.45, 2.75) is 13.3 Å². The second kappa shape index (κ2) is 11.4. The summed E-state index contributed by atoms with van der Waals surface area (Å²) >= 11 is 0. The van der Waals surface area contributed by atoms with Gasteiger partial charge in [-0.25, -0.2) is 4.79 Å². The Morgan fingerprint density at radius 1 is 0.788 bits per heavy atom.